The molecule has 1 amide bonds. The number of ether oxygens (including phenoxy) is 3. The molecule has 4 rings (SSSR count). The minimum atomic E-state index is -1.15. The largest absolute Gasteiger partial charge is 0.445 e. The number of carbonyl (C=O) groups is 1. The number of aliphatic hydroxyl groups excluding tert-OH is 1. The summed E-state index contributed by atoms with van der Waals surface area (Å²) in [5, 5.41) is 22.4. The number of azide groups is 3. The molecule has 2 fully saturated rings. The van der Waals surface area contributed by atoms with Crippen molar-refractivity contribution in [1.82, 2.24) is 4.90 Å². The van der Waals surface area contributed by atoms with Crippen LogP contribution in [0.1, 0.15) is 37.3 Å². The van der Waals surface area contributed by atoms with E-state index in [9.17, 15) is 15.4 Å². The lowest BCUT2D eigenvalue weighted by Gasteiger charge is -2.44. The second kappa shape index (κ2) is 15.7. The maximum Gasteiger partial charge on any atom is 0.410 e. The third kappa shape index (κ3) is 8.52. The van der Waals surface area contributed by atoms with Gasteiger partial charge in [0.25, 0.3) is 0 Å². The van der Waals surface area contributed by atoms with Crippen molar-refractivity contribution in [2.45, 2.75) is 82.1 Å². The molecule has 1 aliphatic heterocycles. The summed E-state index contributed by atoms with van der Waals surface area (Å²) in [6.45, 7) is 2.26. The van der Waals surface area contributed by atoms with E-state index >= 15 is 0 Å². The zero-order chi connectivity index (χ0) is 30.6. The summed E-state index contributed by atoms with van der Waals surface area (Å²) in [5.74, 6) is -0.496. The van der Waals surface area contributed by atoms with Crippen molar-refractivity contribution < 1.29 is 24.1 Å². The SMILES string of the molecule is C[C@@H]1[C@@H](O)[C@H](O[C@H]2O[C@H](CN(Cc3ccccc3)C(=O)OCc3ccccc3)CC[C@H]2N=[N+]=[N-])[C@@H](N=[N+]=[N-])C[C@H]1N=[N+]=[N-]. The quantitative estimate of drug-likeness (QED) is 0.184. The molecule has 0 aromatic heterocycles. The molecule has 8 atom stereocenters. The van der Waals surface area contributed by atoms with Crippen molar-refractivity contribution >= 4 is 6.09 Å². The molecule has 1 saturated carbocycles. The van der Waals surface area contributed by atoms with E-state index in [1.54, 1.807) is 11.8 Å². The van der Waals surface area contributed by atoms with Gasteiger partial charge in [0.1, 0.15) is 6.61 Å². The monoisotopic (exact) mass is 590 g/mol. The molecule has 0 spiro atoms. The maximum atomic E-state index is 13.3. The molecule has 0 unspecified atom stereocenters. The topological polar surface area (TPSA) is 215 Å². The van der Waals surface area contributed by atoms with E-state index in [1.807, 2.05) is 60.7 Å². The van der Waals surface area contributed by atoms with E-state index in [0.717, 1.165) is 11.1 Å². The summed E-state index contributed by atoms with van der Waals surface area (Å²) in [4.78, 5) is 23.5. The fourth-order valence-corrected chi connectivity index (χ4v) is 5.42. The number of benzene rings is 2. The molecule has 1 heterocycles. The van der Waals surface area contributed by atoms with Crippen LogP contribution < -0.4 is 0 Å². The molecule has 15 nitrogen and oxygen atoms in total. The first kappa shape index (κ1) is 31.5. The van der Waals surface area contributed by atoms with Crippen LogP contribution in [0.15, 0.2) is 76.0 Å². The Kier molecular flexibility index (Phi) is 11.5. The third-order valence-corrected chi connectivity index (χ3v) is 7.76. The summed E-state index contributed by atoms with van der Waals surface area (Å²) in [7, 11) is 0. The van der Waals surface area contributed by atoms with Gasteiger partial charge in [-0.3, -0.25) is 0 Å². The molecule has 1 aliphatic carbocycles. The number of carbonyl (C=O) groups excluding carboxylic acids is 1. The van der Waals surface area contributed by atoms with Crippen LogP contribution in [0.3, 0.4) is 0 Å². The lowest BCUT2D eigenvalue weighted by Crippen LogP contribution is -2.55. The van der Waals surface area contributed by atoms with Crippen molar-refractivity contribution in [2.75, 3.05) is 6.54 Å². The van der Waals surface area contributed by atoms with Crippen LogP contribution in [0.5, 0.6) is 0 Å². The molecule has 43 heavy (non-hydrogen) atoms. The maximum absolute atomic E-state index is 13.3. The molecule has 226 valence electrons. The molecule has 1 saturated heterocycles. The normalized spacial score (nSPS) is 28.3. The standard InChI is InChI=1S/C28H34N10O5/c1-18-23(33-36-30)14-24(34-37-31)26(25(18)39)43-27-22(32-35-29)13-12-21(42-27)16-38(15-19-8-4-2-5-9-19)28(40)41-17-20-10-6-3-7-11-20/h2-11,18,21-27,39H,12-17H2,1H3/t18-,21-,22+,23+,24-,25+,26+,27+/m0/s1. The van der Waals surface area contributed by atoms with Crippen molar-refractivity contribution in [3.63, 3.8) is 0 Å². The fraction of sp³-hybridized carbons (Fsp3) is 0.536. The number of amides is 1. The Bertz CT molecular complexity index is 1350. The highest BCUT2D eigenvalue weighted by atomic mass is 16.7. The van der Waals surface area contributed by atoms with Gasteiger partial charge in [0, 0.05) is 27.3 Å². The minimum absolute atomic E-state index is 0.108. The van der Waals surface area contributed by atoms with Crippen molar-refractivity contribution in [2.24, 2.45) is 21.3 Å². The Morgan fingerprint density at radius 1 is 0.930 bits per heavy atom. The number of nitrogens with zero attached hydrogens (tertiary/aromatic N) is 10. The van der Waals surface area contributed by atoms with Gasteiger partial charge < -0.3 is 24.2 Å². The smallest absolute Gasteiger partial charge is 0.410 e. The lowest BCUT2D eigenvalue weighted by molar-refractivity contribution is -0.250. The second-order valence-electron chi connectivity index (χ2n) is 10.6. The average Bonchev–Trinajstić information content (AvgIpc) is 3.02. The molecule has 1 N–H and O–H groups in total. The Morgan fingerprint density at radius 3 is 2.19 bits per heavy atom. The van der Waals surface area contributed by atoms with Gasteiger partial charge in [-0.1, -0.05) is 82.9 Å². The van der Waals surface area contributed by atoms with Gasteiger partial charge in [-0.15, -0.1) is 0 Å². The van der Waals surface area contributed by atoms with Crippen LogP contribution >= 0.6 is 0 Å². The summed E-state index contributed by atoms with van der Waals surface area (Å²) < 4.78 is 18.1. The number of aliphatic hydroxyl groups is 1. The molecule has 2 aromatic rings. The van der Waals surface area contributed by atoms with Crippen molar-refractivity contribution in [3.8, 4) is 0 Å². The van der Waals surface area contributed by atoms with E-state index in [1.165, 1.54) is 0 Å². The Hall–Kier alpha value is -4.48. The van der Waals surface area contributed by atoms with Crippen LogP contribution in [0.2, 0.25) is 0 Å². The molecule has 15 heteroatoms. The highest BCUT2D eigenvalue weighted by molar-refractivity contribution is 5.67. The van der Waals surface area contributed by atoms with Gasteiger partial charge in [-0.25, -0.2) is 4.79 Å². The van der Waals surface area contributed by atoms with Gasteiger partial charge in [-0.2, -0.15) is 0 Å². The molecule has 0 bridgehead atoms. The van der Waals surface area contributed by atoms with Crippen LogP contribution in [-0.4, -0.2) is 65.4 Å². The number of hydrogen-bond donors (Lipinski definition) is 1. The second-order valence-corrected chi connectivity index (χ2v) is 10.6. The first-order chi connectivity index (χ1) is 20.9. The Labute approximate surface area is 248 Å². The van der Waals surface area contributed by atoms with Crippen LogP contribution in [0.25, 0.3) is 31.3 Å². The van der Waals surface area contributed by atoms with E-state index in [4.69, 9.17) is 25.3 Å². The predicted molar refractivity (Wildman–Crippen MR) is 155 cm³/mol. The Balaban J connectivity index is 1.50. The first-order valence-electron chi connectivity index (χ1n) is 14.0. The van der Waals surface area contributed by atoms with E-state index in [-0.39, 0.29) is 26.1 Å². The van der Waals surface area contributed by atoms with Crippen LogP contribution in [-0.2, 0) is 27.4 Å². The zero-order valence-electron chi connectivity index (χ0n) is 23.7. The van der Waals surface area contributed by atoms with Crippen LogP contribution in [0.4, 0.5) is 4.79 Å². The Morgan fingerprint density at radius 2 is 1.53 bits per heavy atom. The number of hydrogen-bond acceptors (Lipinski definition) is 8. The summed E-state index contributed by atoms with van der Waals surface area (Å²) in [6.07, 6.45) is -3.27. The molecular weight excluding hydrogens is 556 g/mol. The highest BCUT2D eigenvalue weighted by Gasteiger charge is 2.45. The first-order valence-corrected chi connectivity index (χ1v) is 14.0. The minimum Gasteiger partial charge on any atom is -0.445 e. The van der Waals surface area contributed by atoms with Gasteiger partial charge in [0.15, 0.2) is 6.29 Å². The fourth-order valence-electron chi connectivity index (χ4n) is 5.42. The third-order valence-electron chi connectivity index (χ3n) is 7.76. The van der Waals surface area contributed by atoms with Gasteiger partial charge in [0.2, 0.25) is 0 Å². The summed E-state index contributed by atoms with van der Waals surface area (Å²) >= 11 is 0. The average molecular weight is 591 g/mol. The van der Waals surface area contributed by atoms with Crippen molar-refractivity contribution in [3.05, 3.63) is 103 Å². The molecule has 2 aromatic carbocycles. The zero-order valence-corrected chi connectivity index (χ0v) is 23.7. The van der Waals surface area contributed by atoms with Gasteiger partial charge in [-0.05, 0) is 52.9 Å². The van der Waals surface area contributed by atoms with Crippen molar-refractivity contribution in [1.29, 1.82) is 0 Å². The van der Waals surface area contributed by atoms with Gasteiger partial charge >= 0.3 is 6.09 Å². The van der Waals surface area contributed by atoms with E-state index in [0.29, 0.717) is 12.8 Å². The van der Waals surface area contributed by atoms with E-state index < -0.39 is 54.7 Å². The summed E-state index contributed by atoms with van der Waals surface area (Å²) in [5.41, 5.74) is 29.0. The lowest BCUT2D eigenvalue weighted by atomic mass is 9.79. The van der Waals surface area contributed by atoms with Gasteiger partial charge in [0.05, 0.1) is 36.9 Å². The predicted octanol–water partition coefficient (Wildman–Crippen LogP) is 6.15. The van der Waals surface area contributed by atoms with E-state index in [2.05, 4.69) is 30.1 Å². The van der Waals surface area contributed by atoms with Crippen LogP contribution in [0, 0.1) is 5.92 Å². The molecular formula is C28H34N10O5. The highest BCUT2D eigenvalue weighted by Crippen LogP contribution is 2.35. The number of rotatable bonds is 11. The molecule has 2 aliphatic rings. The summed E-state index contributed by atoms with van der Waals surface area (Å²) in [6, 6.07) is 16.7. The molecule has 0 radical (unpaired) electrons.